The molecule has 2 N–H and O–H groups in total. The van der Waals surface area contributed by atoms with Gasteiger partial charge in [-0.1, -0.05) is 71.1 Å². The van der Waals surface area contributed by atoms with Gasteiger partial charge in [0.2, 0.25) is 5.79 Å². The Balaban J connectivity index is 1.46. The van der Waals surface area contributed by atoms with Crippen LogP contribution in [0.2, 0.25) is 0 Å². The molecule has 4 aliphatic rings. The van der Waals surface area contributed by atoms with Gasteiger partial charge in [0, 0.05) is 58.5 Å². The summed E-state index contributed by atoms with van der Waals surface area (Å²) >= 11 is 0. The van der Waals surface area contributed by atoms with Gasteiger partial charge < -0.3 is 38.8 Å². The van der Waals surface area contributed by atoms with Crippen LogP contribution in [0.25, 0.3) is 0 Å². The van der Waals surface area contributed by atoms with Crippen LogP contribution in [0.1, 0.15) is 132 Å². The zero-order valence-electron chi connectivity index (χ0n) is 42.5. The van der Waals surface area contributed by atoms with Crippen molar-refractivity contribution < 1.29 is 57.9 Å². The Bertz CT molecular complexity index is 2020. The number of cyclic esters (lactones) is 1. The van der Waals surface area contributed by atoms with Crippen molar-refractivity contribution in [3.8, 4) is 0 Å². The van der Waals surface area contributed by atoms with Gasteiger partial charge in [-0.15, -0.1) is 5.10 Å². The first kappa shape index (κ1) is 55.7. The number of hydrogen-bond donors (Lipinski definition) is 2. The minimum atomic E-state index is -2.43. The molecule has 0 radical (unpaired) electrons. The molecule has 17 nitrogen and oxygen atoms in total. The highest BCUT2D eigenvalue weighted by molar-refractivity contribution is 6.39. The molecule has 69 heavy (non-hydrogen) atoms. The number of piperidine rings is 1. The quantitative estimate of drug-likeness (QED) is 0.181. The number of Topliss-reactive ketones (excluding diaryl/α,β-unsaturated/α-hetero) is 3. The van der Waals surface area contributed by atoms with E-state index >= 15 is 0 Å². The Kier molecular flexibility index (Phi) is 20.8. The van der Waals surface area contributed by atoms with E-state index < -0.39 is 77.8 Å². The van der Waals surface area contributed by atoms with E-state index in [1.807, 2.05) is 58.1 Å². The summed E-state index contributed by atoms with van der Waals surface area (Å²) in [4.78, 5) is 72.3. The SMILES string of the molecule is COC1C[C@@H]2CC[C@@H](C)[C@@](O)(O2)C(=O)C(=O)N2CCCC[C@H]2C(=O)O[C@H]([C@H](C)CC2CC[C@H](n3cnnn3)[C@H](OC)C2)CC(=O)[C@H](C)/C=C(\C)[C@@H](O)[C@@H](OC)C(=O)[C@@H](C)C[C@H](C)/C=C/C=CC=C1C. The van der Waals surface area contributed by atoms with Crippen molar-refractivity contribution in [2.75, 3.05) is 27.9 Å². The second kappa shape index (κ2) is 25.7. The molecule has 1 aromatic rings. The lowest BCUT2D eigenvalue weighted by molar-refractivity contribution is -0.265. The fourth-order valence-electron chi connectivity index (χ4n) is 10.7. The minimum absolute atomic E-state index is 0.0170. The van der Waals surface area contributed by atoms with Crippen LogP contribution < -0.4 is 0 Å². The average molecular weight is 966 g/mol. The molecular formula is C52H79N5O12. The highest BCUT2D eigenvalue weighted by Crippen LogP contribution is 2.39. The molecule has 1 aliphatic carbocycles. The zero-order chi connectivity index (χ0) is 50.6. The van der Waals surface area contributed by atoms with Crippen molar-refractivity contribution in [1.82, 2.24) is 25.1 Å². The highest BCUT2D eigenvalue weighted by atomic mass is 16.6. The zero-order valence-corrected chi connectivity index (χ0v) is 42.5. The van der Waals surface area contributed by atoms with E-state index in [0.717, 1.165) is 18.4 Å². The van der Waals surface area contributed by atoms with Gasteiger partial charge in [-0.05, 0) is 117 Å². The van der Waals surface area contributed by atoms with E-state index in [1.165, 1.54) is 12.0 Å². The summed E-state index contributed by atoms with van der Waals surface area (Å²) < 4.78 is 31.6. The minimum Gasteiger partial charge on any atom is -0.460 e. The van der Waals surface area contributed by atoms with Gasteiger partial charge in [-0.2, -0.15) is 0 Å². The van der Waals surface area contributed by atoms with Crippen molar-refractivity contribution in [2.24, 2.45) is 35.5 Å². The van der Waals surface area contributed by atoms with E-state index in [0.29, 0.717) is 56.9 Å². The van der Waals surface area contributed by atoms with Gasteiger partial charge in [0.15, 0.2) is 5.78 Å². The maximum absolute atomic E-state index is 14.5. The molecule has 17 heteroatoms. The van der Waals surface area contributed by atoms with E-state index in [9.17, 15) is 34.2 Å². The predicted octanol–water partition coefficient (Wildman–Crippen LogP) is 6.05. The number of esters is 1. The molecule has 0 spiro atoms. The van der Waals surface area contributed by atoms with Gasteiger partial charge in [-0.25, -0.2) is 9.48 Å². The molecule has 5 rings (SSSR count). The van der Waals surface area contributed by atoms with Gasteiger partial charge in [-0.3, -0.25) is 19.2 Å². The van der Waals surface area contributed by atoms with Crippen molar-refractivity contribution in [3.63, 3.8) is 0 Å². The maximum atomic E-state index is 14.5. The number of methoxy groups -OCH3 is 3. The van der Waals surface area contributed by atoms with Crippen molar-refractivity contribution in [1.29, 1.82) is 0 Å². The summed E-state index contributed by atoms with van der Waals surface area (Å²) in [6.45, 7) is 12.8. The lowest BCUT2D eigenvalue weighted by atomic mass is 9.77. The first-order chi connectivity index (χ1) is 32.8. The van der Waals surface area contributed by atoms with Crippen LogP contribution in [0.15, 0.2) is 53.9 Å². The first-order valence-corrected chi connectivity index (χ1v) is 25.0. The average Bonchev–Trinajstić information content (AvgIpc) is 3.88. The van der Waals surface area contributed by atoms with Crippen LogP contribution >= 0.6 is 0 Å². The number of amides is 1. The van der Waals surface area contributed by atoms with E-state index in [-0.39, 0.29) is 60.9 Å². The molecule has 0 aromatic carbocycles. The van der Waals surface area contributed by atoms with E-state index in [4.69, 9.17) is 23.7 Å². The van der Waals surface area contributed by atoms with E-state index in [2.05, 4.69) is 15.5 Å². The number of ketones is 3. The summed E-state index contributed by atoms with van der Waals surface area (Å²) in [5.41, 5.74) is 1.27. The smallest absolute Gasteiger partial charge is 0.329 e. The third-order valence-electron chi connectivity index (χ3n) is 15.2. The third kappa shape index (κ3) is 14.2. The number of aliphatic hydroxyl groups excluding tert-OH is 1. The molecule has 4 heterocycles. The summed E-state index contributed by atoms with van der Waals surface area (Å²) in [5.74, 6) is -7.92. The Hall–Kier alpha value is -4.26. The number of allylic oxidation sites excluding steroid dienone is 6. The van der Waals surface area contributed by atoms with Crippen LogP contribution in [0.5, 0.6) is 0 Å². The number of hydrogen-bond acceptors (Lipinski definition) is 15. The Morgan fingerprint density at radius 1 is 0.884 bits per heavy atom. The normalized spacial score (nSPS) is 37.5. The lowest BCUT2D eigenvalue weighted by Crippen LogP contribution is -2.61. The molecule has 1 amide bonds. The van der Waals surface area contributed by atoms with E-state index in [1.54, 1.807) is 52.1 Å². The van der Waals surface area contributed by atoms with Crippen LogP contribution in [0.4, 0.5) is 0 Å². The number of fused-ring (bicyclic) bond motifs is 3. The van der Waals surface area contributed by atoms with Crippen LogP contribution in [-0.4, -0.2) is 141 Å². The summed E-state index contributed by atoms with van der Waals surface area (Å²) in [7, 11) is 4.62. The van der Waals surface area contributed by atoms with Crippen molar-refractivity contribution >= 4 is 29.2 Å². The number of nitrogens with zero attached hydrogens (tertiary/aromatic N) is 5. The second-order valence-electron chi connectivity index (χ2n) is 20.4. The monoisotopic (exact) mass is 966 g/mol. The number of carbonyl (C=O) groups is 5. The van der Waals surface area contributed by atoms with Crippen LogP contribution in [0, 0.1) is 35.5 Å². The number of ether oxygens (including phenoxy) is 5. The summed E-state index contributed by atoms with van der Waals surface area (Å²) in [6.07, 6.45) is 13.9. The Morgan fingerprint density at radius 2 is 1.64 bits per heavy atom. The number of aromatic nitrogens is 4. The Labute approximate surface area is 408 Å². The van der Waals surface area contributed by atoms with Gasteiger partial charge in [0.1, 0.15) is 36.5 Å². The molecule has 3 fully saturated rings. The van der Waals surface area contributed by atoms with Crippen molar-refractivity contribution in [2.45, 2.75) is 180 Å². The molecule has 1 aromatic heterocycles. The van der Waals surface area contributed by atoms with Crippen LogP contribution in [0.3, 0.4) is 0 Å². The maximum Gasteiger partial charge on any atom is 0.329 e. The Morgan fingerprint density at radius 3 is 2.32 bits per heavy atom. The molecule has 2 bridgehead atoms. The molecule has 384 valence electrons. The molecule has 2 saturated heterocycles. The fraction of sp³-hybridized carbons (Fsp3) is 0.731. The third-order valence-corrected chi connectivity index (χ3v) is 15.2. The standard InChI is InChI=1S/C52H79N5O12/c1-31-16-12-11-13-17-32(2)43(65-8)28-39-21-19-37(7)52(64,69-39)49(61)50(62)56-23-15-14-18-41(56)51(63)68-44(34(4)26-38-20-22-40(45(27-38)66-9)57-30-53-54-55-57)29-42(58)33(3)25-36(6)47(60)48(67-10)46(59)35(5)24-31/h11-13,16-17,25,30-31,33-35,37-41,43-45,47-48,60,64H,14-15,18-24,26-29H2,1-10H3/b13-11?,16-12+,32-17?,36-25+/t31-,33-,34-,35+,37-,38?,39+,40+,41+,43?,44+,45-,47-,48+,52-/m1/s1. The van der Waals surface area contributed by atoms with Crippen LogP contribution in [-0.2, 0) is 47.7 Å². The summed E-state index contributed by atoms with van der Waals surface area (Å²) in [5, 5.41) is 35.2. The molecular weight excluding hydrogens is 887 g/mol. The molecule has 1 saturated carbocycles. The largest absolute Gasteiger partial charge is 0.460 e. The number of rotatable bonds is 7. The van der Waals surface area contributed by atoms with Gasteiger partial charge in [0.25, 0.3) is 11.7 Å². The van der Waals surface area contributed by atoms with Gasteiger partial charge in [0.05, 0.1) is 24.4 Å². The molecule has 15 atom stereocenters. The highest BCUT2D eigenvalue weighted by Gasteiger charge is 2.53. The number of carbonyl (C=O) groups excluding carboxylic acids is 5. The van der Waals surface area contributed by atoms with Gasteiger partial charge >= 0.3 is 5.97 Å². The molecule has 3 aliphatic heterocycles. The topological polar surface area (TPSA) is 219 Å². The first-order valence-electron chi connectivity index (χ1n) is 25.0. The predicted molar refractivity (Wildman–Crippen MR) is 256 cm³/mol. The van der Waals surface area contributed by atoms with Crippen molar-refractivity contribution in [3.05, 3.63) is 53.9 Å². The number of tetrazole rings is 1. The lowest BCUT2D eigenvalue weighted by Gasteiger charge is -2.42. The molecule has 2 unspecified atom stereocenters. The number of aliphatic hydroxyl groups is 2. The second-order valence-corrected chi connectivity index (χ2v) is 20.4. The summed E-state index contributed by atoms with van der Waals surface area (Å²) in [6, 6.07) is -1.19. The fourth-order valence-corrected chi connectivity index (χ4v) is 10.7.